The fourth-order valence-corrected chi connectivity index (χ4v) is 6.85. The maximum Gasteiger partial charge on any atom is 0.472 e. The predicted molar refractivity (Wildman–Crippen MR) is 194 cm³/mol. The van der Waals surface area contributed by atoms with Crippen molar-refractivity contribution in [1.82, 2.24) is 4.90 Å². The number of phosphoric acid groups is 1. The van der Waals surface area contributed by atoms with E-state index in [4.69, 9.17) is 9.05 Å². The first-order valence-corrected chi connectivity index (χ1v) is 21.4. The summed E-state index contributed by atoms with van der Waals surface area (Å²) in [6, 6.07) is 0. The van der Waals surface area contributed by atoms with E-state index in [1.54, 1.807) is 0 Å². The summed E-state index contributed by atoms with van der Waals surface area (Å²) in [4.78, 5) is 12.7. The quantitative estimate of drug-likeness (QED) is 0.0535. The van der Waals surface area contributed by atoms with E-state index in [1.165, 1.54) is 174 Å². The molecule has 0 aromatic heterocycles. The first-order valence-electron chi connectivity index (χ1n) is 19.9. The first-order chi connectivity index (χ1) is 21.6. The van der Waals surface area contributed by atoms with Crippen LogP contribution in [-0.2, 0) is 13.6 Å². The Hall–Kier alpha value is 0.0700. The Kier molecular flexibility index (Phi) is 36.0. The van der Waals surface area contributed by atoms with Crippen LogP contribution >= 0.6 is 7.82 Å². The van der Waals surface area contributed by atoms with Crippen molar-refractivity contribution in [3.05, 3.63) is 0 Å². The van der Waals surface area contributed by atoms with Gasteiger partial charge in [-0.25, -0.2) is 4.57 Å². The largest absolute Gasteiger partial charge is 0.472 e. The van der Waals surface area contributed by atoms with E-state index in [0.717, 1.165) is 38.6 Å². The highest BCUT2D eigenvalue weighted by atomic mass is 31.2. The van der Waals surface area contributed by atoms with Crippen LogP contribution in [0.25, 0.3) is 0 Å². The average molecular weight is 646 g/mol. The molecule has 0 aliphatic carbocycles. The fraction of sp³-hybridized carbons (Fsp3) is 1.00. The summed E-state index contributed by atoms with van der Waals surface area (Å²) >= 11 is 0. The van der Waals surface area contributed by atoms with E-state index in [-0.39, 0.29) is 0 Å². The summed E-state index contributed by atoms with van der Waals surface area (Å²) < 4.78 is 22.7. The molecule has 0 saturated carbocycles. The Morgan fingerprint density at radius 2 is 0.614 bits per heavy atom. The number of unbranched alkanes of at least 4 members (excludes halogenated alkanes) is 26. The molecule has 0 saturated heterocycles. The van der Waals surface area contributed by atoms with E-state index in [1.807, 2.05) is 0 Å². The van der Waals surface area contributed by atoms with E-state index in [0.29, 0.717) is 13.2 Å². The zero-order valence-electron chi connectivity index (χ0n) is 30.3. The molecule has 0 fully saturated rings. The Balaban J connectivity index is 4.02. The van der Waals surface area contributed by atoms with Crippen molar-refractivity contribution in [2.45, 2.75) is 213 Å². The first kappa shape index (κ1) is 44.1. The second-order valence-electron chi connectivity index (χ2n) is 13.5. The molecule has 0 rings (SSSR count). The van der Waals surface area contributed by atoms with Gasteiger partial charge in [-0.15, -0.1) is 0 Å². The lowest BCUT2D eigenvalue weighted by Crippen LogP contribution is -2.27. The summed E-state index contributed by atoms with van der Waals surface area (Å²) in [6.07, 6.45) is 38.8. The Morgan fingerprint density at radius 3 is 0.909 bits per heavy atom. The van der Waals surface area contributed by atoms with Crippen LogP contribution in [-0.4, -0.2) is 42.6 Å². The van der Waals surface area contributed by atoms with Gasteiger partial charge in [0.15, 0.2) is 0 Å². The second kappa shape index (κ2) is 35.9. The molecule has 0 amide bonds. The lowest BCUT2D eigenvalue weighted by atomic mass is 10.1. The standard InChI is InChI=1S/C38H80NO4P/c1-4-7-10-13-16-19-22-25-29-34-39(35-30-26-23-20-17-14-11-8-5-2)36-31-28-33-38-43-44(40,41)42-37-32-27-24-21-18-15-12-9-6-3/h4-38H2,1-3H3,(H,40,41). The van der Waals surface area contributed by atoms with Gasteiger partial charge in [-0.05, 0) is 58.2 Å². The molecule has 0 aliphatic heterocycles. The zero-order chi connectivity index (χ0) is 32.2. The van der Waals surface area contributed by atoms with Crippen LogP contribution in [0, 0.1) is 0 Å². The third-order valence-corrected chi connectivity index (χ3v) is 10.0. The molecule has 0 radical (unpaired) electrons. The van der Waals surface area contributed by atoms with Gasteiger partial charge in [0.25, 0.3) is 0 Å². The van der Waals surface area contributed by atoms with Gasteiger partial charge in [-0.2, -0.15) is 0 Å². The van der Waals surface area contributed by atoms with Crippen LogP contribution in [0.3, 0.4) is 0 Å². The minimum atomic E-state index is -3.91. The number of rotatable bonds is 38. The summed E-state index contributed by atoms with van der Waals surface area (Å²) in [5, 5.41) is 0. The molecule has 0 heterocycles. The topological polar surface area (TPSA) is 59.0 Å². The lowest BCUT2D eigenvalue weighted by Gasteiger charge is -2.22. The number of hydrogen-bond donors (Lipinski definition) is 1. The number of phosphoric ester groups is 1. The molecular weight excluding hydrogens is 565 g/mol. The SMILES string of the molecule is CCCCCCCCCCCOP(=O)(O)OCCCCCN(CCCCCCCCCCC)CCCCCCCCCCC. The fourth-order valence-electron chi connectivity index (χ4n) is 6.05. The molecular formula is C38H80NO4P. The Bertz CT molecular complexity index is 569. The summed E-state index contributed by atoms with van der Waals surface area (Å²) in [6.45, 7) is 11.0. The van der Waals surface area contributed by atoms with Crippen LogP contribution in [0.5, 0.6) is 0 Å². The molecule has 1 atom stereocenters. The van der Waals surface area contributed by atoms with Crippen LogP contribution < -0.4 is 0 Å². The zero-order valence-corrected chi connectivity index (χ0v) is 31.2. The van der Waals surface area contributed by atoms with E-state index >= 15 is 0 Å². The van der Waals surface area contributed by atoms with Gasteiger partial charge in [0.05, 0.1) is 13.2 Å². The Morgan fingerprint density at radius 1 is 0.386 bits per heavy atom. The molecule has 0 spiro atoms. The van der Waals surface area contributed by atoms with Crippen molar-refractivity contribution in [2.24, 2.45) is 0 Å². The van der Waals surface area contributed by atoms with Crippen molar-refractivity contribution in [3.8, 4) is 0 Å². The van der Waals surface area contributed by atoms with Gasteiger partial charge in [-0.3, -0.25) is 9.05 Å². The molecule has 266 valence electrons. The van der Waals surface area contributed by atoms with Gasteiger partial charge >= 0.3 is 7.82 Å². The van der Waals surface area contributed by atoms with Crippen LogP contribution in [0.15, 0.2) is 0 Å². The highest BCUT2D eigenvalue weighted by molar-refractivity contribution is 7.47. The van der Waals surface area contributed by atoms with E-state index in [9.17, 15) is 9.46 Å². The predicted octanol–water partition coefficient (Wildman–Crippen LogP) is 13.2. The highest BCUT2D eigenvalue weighted by Crippen LogP contribution is 2.43. The van der Waals surface area contributed by atoms with E-state index in [2.05, 4.69) is 25.7 Å². The molecule has 0 aromatic rings. The van der Waals surface area contributed by atoms with Gasteiger partial charge in [0.1, 0.15) is 0 Å². The Labute approximate surface area is 277 Å². The molecule has 1 unspecified atom stereocenters. The van der Waals surface area contributed by atoms with E-state index < -0.39 is 7.82 Å². The molecule has 44 heavy (non-hydrogen) atoms. The summed E-state index contributed by atoms with van der Waals surface area (Å²) in [5.41, 5.74) is 0. The summed E-state index contributed by atoms with van der Waals surface area (Å²) in [7, 11) is -3.91. The minimum absolute atomic E-state index is 0.308. The number of nitrogens with zero attached hydrogens (tertiary/aromatic N) is 1. The highest BCUT2D eigenvalue weighted by Gasteiger charge is 2.20. The maximum absolute atomic E-state index is 12.2. The second-order valence-corrected chi connectivity index (χ2v) is 15.0. The molecule has 1 N–H and O–H groups in total. The van der Waals surface area contributed by atoms with Gasteiger partial charge in [0.2, 0.25) is 0 Å². The number of hydrogen-bond acceptors (Lipinski definition) is 4. The molecule has 0 bridgehead atoms. The average Bonchev–Trinajstić information content (AvgIpc) is 3.01. The van der Waals surface area contributed by atoms with Crippen LogP contribution in [0.4, 0.5) is 0 Å². The van der Waals surface area contributed by atoms with Gasteiger partial charge < -0.3 is 9.79 Å². The smallest absolute Gasteiger partial charge is 0.303 e. The van der Waals surface area contributed by atoms with Crippen molar-refractivity contribution >= 4 is 7.82 Å². The van der Waals surface area contributed by atoms with Crippen molar-refractivity contribution < 1.29 is 18.5 Å². The van der Waals surface area contributed by atoms with Crippen LogP contribution in [0.1, 0.15) is 213 Å². The molecule has 5 nitrogen and oxygen atoms in total. The third-order valence-electron chi connectivity index (χ3n) is 9.03. The van der Waals surface area contributed by atoms with Crippen molar-refractivity contribution in [3.63, 3.8) is 0 Å². The molecule has 6 heteroatoms. The minimum Gasteiger partial charge on any atom is -0.303 e. The molecule has 0 aromatic carbocycles. The van der Waals surface area contributed by atoms with Gasteiger partial charge in [-0.1, -0.05) is 175 Å². The van der Waals surface area contributed by atoms with Crippen molar-refractivity contribution in [2.75, 3.05) is 32.8 Å². The molecule has 0 aliphatic rings. The van der Waals surface area contributed by atoms with Crippen LogP contribution in [0.2, 0.25) is 0 Å². The summed E-state index contributed by atoms with van der Waals surface area (Å²) in [5.74, 6) is 0. The lowest BCUT2D eigenvalue weighted by molar-refractivity contribution is 0.144. The van der Waals surface area contributed by atoms with Gasteiger partial charge in [0, 0.05) is 0 Å². The normalized spacial score (nSPS) is 13.2. The van der Waals surface area contributed by atoms with Crippen molar-refractivity contribution in [1.29, 1.82) is 0 Å². The maximum atomic E-state index is 12.2. The third kappa shape index (κ3) is 34.9. The monoisotopic (exact) mass is 646 g/mol.